The van der Waals surface area contributed by atoms with Gasteiger partial charge in [0.1, 0.15) is 0 Å². The van der Waals surface area contributed by atoms with Crippen LogP contribution in [0.25, 0.3) is 0 Å². The molecule has 0 aromatic rings. The van der Waals surface area contributed by atoms with Gasteiger partial charge in [0.05, 0.1) is 0 Å². The van der Waals surface area contributed by atoms with Gasteiger partial charge >= 0.3 is 0 Å². The van der Waals surface area contributed by atoms with E-state index < -0.39 is 0 Å². The Morgan fingerprint density at radius 1 is 1.78 bits per heavy atom. The van der Waals surface area contributed by atoms with Crippen LogP contribution >= 0.6 is 0 Å². The average molecular weight is 126 g/mol. The third-order valence-corrected chi connectivity index (χ3v) is 1.50. The first-order chi connectivity index (χ1) is 4.18. The number of likely N-dealkylation sites (N-methyl/N-ethyl adjacent to an activating group) is 1. The molecule has 1 saturated heterocycles. The lowest BCUT2D eigenvalue weighted by Gasteiger charge is -2.30. The summed E-state index contributed by atoms with van der Waals surface area (Å²) in [5.41, 5.74) is 1.14. The molecule has 1 aliphatic rings. The van der Waals surface area contributed by atoms with Gasteiger partial charge in [0, 0.05) is 24.8 Å². The molecule has 1 rings (SSSR count). The zero-order valence-corrected chi connectivity index (χ0v) is 6.15. The van der Waals surface area contributed by atoms with Crippen molar-refractivity contribution in [3.63, 3.8) is 0 Å². The molecule has 0 unspecified atom stereocenters. The third kappa shape index (κ3) is 1.72. The smallest absolute Gasteiger partial charge is 0.0373 e. The Balaban J connectivity index is 2.43. The van der Waals surface area contributed by atoms with Crippen molar-refractivity contribution >= 4 is 0 Å². The van der Waals surface area contributed by atoms with E-state index >= 15 is 0 Å². The molecule has 0 aromatic heterocycles. The fourth-order valence-corrected chi connectivity index (χ4v) is 1.30. The Hall–Kier alpha value is -0.500. The molecule has 1 fully saturated rings. The lowest BCUT2D eigenvalue weighted by Crippen LogP contribution is -2.45. The summed E-state index contributed by atoms with van der Waals surface area (Å²) in [6.07, 6.45) is 0. The van der Waals surface area contributed by atoms with Crippen LogP contribution < -0.4 is 5.32 Å². The second kappa shape index (κ2) is 2.40. The van der Waals surface area contributed by atoms with Gasteiger partial charge in [0.15, 0.2) is 0 Å². The average Bonchev–Trinajstić information content (AvgIpc) is 1.59. The SMILES string of the molecule is C=C1CN(C)C[C@@H](C)N1. The van der Waals surface area contributed by atoms with Crippen molar-refractivity contribution in [2.24, 2.45) is 0 Å². The van der Waals surface area contributed by atoms with Gasteiger partial charge < -0.3 is 5.32 Å². The van der Waals surface area contributed by atoms with E-state index in [1.807, 2.05) is 0 Å². The van der Waals surface area contributed by atoms with E-state index in [-0.39, 0.29) is 0 Å². The molecule has 0 spiro atoms. The minimum Gasteiger partial charge on any atom is -0.384 e. The van der Waals surface area contributed by atoms with E-state index in [4.69, 9.17) is 0 Å². The van der Waals surface area contributed by atoms with Crippen LogP contribution in [0, 0.1) is 0 Å². The van der Waals surface area contributed by atoms with Gasteiger partial charge in [-0.2, -0.15) is 0 Å². The van der Waals surface area contributed by atoms with Crippen LogP contribution in [0.4, 0.5) is 0 Å². The fourth-order valence-electron chi connectivity index (χ4n) is 1.30. The minimum absolute atomic E-state index is 0.566. The zero-order chi connectivity index (χ0) is 6.85. The molecule has 2 nitrogen and oxygen atoms in total. The van der Waals surface area contributed by atoms with Crippen molar-refractivity contribution in [3.8, 4) is 0 Å². The number of nitrogens with zero attached hydrogens (tertiary/aromatic N) is 1. The van der Waals surface area contributed by atoms with E-state index in [1.165, 1.54) is 0 Å². The molecule has 0 aliphatic carbocycles. The van der Waals surface area contributed by atoms with Crippen LogP contribution in [-0.2, 0) is 0 Å². The monoisotopic (exact) mass is 126 g/mol. The van der Waals surface area contributed by atoms with Crippen molar-refractivity contribution in [1.82, 2.24) is 10.2 Å². The van der Waals surface area contributed by atoms with Gasteiger partial charge in [0.25, 0.3) is 0 Å². The molecule has 0 radical (unpaired) electrons. The summed E-state index contributed by atoms with van der Waals surface area (Å²) in [4.78, 5) is 2.27. The Kier molecular flexibility index (Phi) is 1.76. The maximum Gasteiger partial charge on any atom is 0.0373 e. The predicted molar refractivity (Wildman–Crippen MR) is 39.2 cm³/mol. The highest BCUT2D eigenvalue weighted by Crippen LogP contribution is 2.01. The molecule has 52 valence electrons. The summed E-state index contributed by atoms with van der Waals surface area (Å²) >= 11 is 0. The molecule has 1 N–H and O–H groups in total. The van der Waals surface area contributed by atoms with E-state index in [0.29, 0.717) is 6.04 Å². The van der Waals surface area contributed by atoms with Crippen molar-refractivity contribution in [1.29, 1.82) is 0 Å². The predicted octanol–water partition coefficient (Wildman–Crippen LogP) is 0.424. The number of hydrogen-bond donors (Lipinski definition) is 1. The van der Waals surface area contributed by atoms with Crippen molar-refractivity contribution in [2.75, 3.05) is 20.1 Å². The number of rotatable bonds is 0. The lowest BCUT2D eigenvalue weighted by molar-refractivity contribution is 0.281. The Morgan fingerprint density at radius 3 is 2.89 bits per heavy atom. The first kappa shape index (κ1) is 6.62. The third-order valence-electron chi connectivity index (χ3n) is 1.50. The molecule has 9 heavy (non-hydrogen) atoms. The quantitative estimate of drug-likeness (QED) is 0.506. The Labute approximate surface area is 56.5 Å². The highest BCUT2D eigenvalue weighted by atomic mass is 15.2. The van der Waals surface area contributed by atoms with E-state index in [9.17, 15) is 0 Å². The standard InChI is InChI=1S/C7H14N2/c1-6-4-9(3)5-7(2)8-6/h7-8H,1,4-5H2,2-3H3/t7-/m1/s1. The van der Waals surface area contributed by atoms with Crippen LogP contribution in [-0.4, -0.2) is 31.1 Å². The molecule has 1 aliphatic heterocycles. The number of nitrogens with one attached hydrogen (secondary N) is 1. The highest BCUT2D eigenvalue weighted by Gasteiger charge is 2.12. The maximum absolute atomic E-state index is 3.86. The molecule has 0 aromatic carbocycles. The van der Waals surface area contributed by atoms with Crippen LogP contribution in [0.1, 0.15) is 6.92 Å². The van der Waals surface area contributed by atoms with Crippen molar-refractivity contribution in [2.45, 2.75) is 13.0 Å². The Morgan fingerprint density at radius 2 is 2.44 bits per heavy atom. The van der Waals surface area contributed by atoms with Crippen molar-refractivity contribution < 1.29 is 0 Å². The van der Waals surface area contributed by atoms with Crippen LogP contribution in [0.15, 0.2) is 12.3 Å². The molecule has 1 heterocycles. The lowest BCUT2D eigenvalue weighted by atomic mass is 10.2. The normalized spacial score (nSPS) is 30.0. The van der Waals surface area contributed by atoms with Gasteiger partial charge in [0.2, 0.25) is 0 Å². The first-order valence-corrected chi connectivity index (χ1v) is 3.31. The topological polar surface area (TPSA) is 15.3 Å². The highest BCUT2D eigenvalue weighted by molar-refractivity contribution is 5.00. The van der Waals surface area contributed by atoms with Gasteiger partial charge in [-0.15, -0.1) is 0 Å². The second-order valence-electron chi connectivity index (χ2n) is 2.85. The van der Waals surface area contributed by atoms with Crippen molar-refractivity contribution in [3.05, 3.63) is 12.3 Å². The molecular weight excluding hydrogens is 112 g/mol. The van der Waals surface area contributed by atoms with E-state index in [2.05, 4.69) is 30.8 Å². The summed E-state index contributed by atoms with van der Waals surface area (Å²) in [7, 11) is 2.11. The molecule has 0 bridgehead atoms. The summed E-state index contributed by atoms with van der Waals surface area (Å²) in [5, 5.41) is 3.27. The summed E-state index contributed by atoms with van der Waals surface area (Å²) < 4.78 is 0. The zero-order valence-electron chi connectivity index (χ0n) is 6.15. The number of piperazine rings is 1. The molecule has 0 amide bonds. The first-order valence-electron chi connectivity index (χ1n) is 3.31. The molecule has 2 heteroatoms. The van der Waals surface area contributed by atoms with Gasteiger partial charge in [-0.05, 0) is 14.0 Å². The second-order valence-corrected chi connectivity index (χ2v) is 2.85. The molecular formula is C7H14N2. The fraction of sp³-hybridized carbons (Fsp3) is 0.714. The van der Waals surface area contributed by atoms with Gasteiger partial charge in [-0.1, -0.05) is 6.58 Å². The maximum atomic E-state index is 3.86. The summed E-state index contributed by atoms with van der Waals surface area (Å²) in [6.45, 7) is 8.14. The van der Waals surface area contributed by atoms with E-state index in [0.717, 1.165) is 18.8 Å². The largest absolute Gasteiger partial charge is 0.384 e. The number of hydrogen-bond acceptors (Lipinski definition) is 2. The summed E-state index contributed by atoms with van der Waals surface area (Å²) in [5.74, 6) is 0. The Bertz CT molecular complexity index is 108. The molecule has 1 atom stereocenters. The van der Waals surface area contributed by atoms with Gasteiger partial charge in [-0.25, -0.2) is 0 Å². The minimum atomic E-state index is 0.566. The van der Waals surface area contributed by atoms with Gasteiger partial charge in [-0.3, -0.25) is 4.90 Å². The van der Waals surface area contributed by atoms with E-state index in [1.54, 1.807) is 0 Å². The summed E-state index contributed by atoms with van der Waals surface area (Å²) in [6, 6.07) is 0.566. The van der Waals surface area contributed by atoms with Crippen LogP contribution in [0.3, 0.4) is 0 Å². The van der Waals surface area contributed by atoms with Crippen LogP contribution in [0.5, 0.6) is 0 Å². The molecule has 0 saturated carbocycles. The van der Waals surface area contributed by atoms with Crippen LogP contribution in [0.2, 0.25) is 0 Å².